The smallest absolute Gasteiger partial charge is 0.303 e. The fourth-order valence-corrected chi connectivity index (χ4v) is 2.16. The van der Waals surface area contributed by atoms with Crippen molar-refractivity contribution < 1.29 is 19.4 Å². The number of carbonyl (C=O) groups is 2. The molecule has 5 heteroatoms. The Morgan fingerprint density at radius 1 is 1.32 bits per heavy atom. The molecule has 1 aliphatic rings. The number of benzene rings is 1. The number of nitrogens with one attached hydrogen (secondary N) is 1. The van der Waals surface area contributed by atoms with Gasteiger partial charge >= 0.3 is 5.97 Å². The molecule has 19 heavy (non-hydrogen) atoms. The van der Waals surface area contributed by atoms with Crippen LogP contribution >= 0.6 is 0 Å². The molecular formula is C14H17NO4. The predicted molar refractivity (Wildman–Crippen MR) is 68.9 cm³/mol. The molecule has 0 aliphatic carbocycles. The largest absolute Gasteiger partial charge is 0.493 e. The minimum Gasteiger partial charge on any atom is -0.493 e. The van der Waals surface area contributed by atoms with E-state index in [1.165, 1.54) is 0 Å². The average molecular weight is 263 g/mol. The Morgan fingerprint density at radius 3 is 2.89 bits per heavy atom. The van der Waals surface area contributed by atoms with E-state index in [9.17, 15) is 9.59 Å². The van der Waals surface area contributed by atoms with Crippen molar-refractivity contribution in [2.75, 3.05) is 6.61 Å². The number of carboxylic acids is 1. The SMILES string of the molecule is O=C(O)CCCC(=O)NC1CCOc2ccccc21. The summed E-state index contributed by atoms with van der Waals surface area (Å²) < 4.78 is 5.52. The van der Waals surface area contributed by atoms with Crippen molar-refractivity contribution in [1.82, 2.24) is 5.32 Å². The molecule has 1 atom stereocenters. The summed E-state index contributed by atoms with van der Waals surface area (Å²) in [6.45, 7) is 0.580. The van der Waals surface area contributed by atoms with Crippen LogP contribution in [0.2, 0.25) is 0 Å². The second-order valence-electron chi connectivity index (χ2n) is 4.54. The predicted octanol–water partition coefficient (Wildman–Crippen LogP) is 1.88. The molecule has 0 saturated heterocycles. The number of amides is 1. The van der Waals surface area contributed by atoms with Gasteiger partial charge in [-0.2, -0.15) is 0 Å². The van der Waals surface area contributed by atoms with Crippen molar-refractivity contribution in [2.24, 2.45) is 0 Å². The van der Waals surface area contributed by atoms with Gasteiger partial charge in [-0.3, -0.25) is 9.59 Å². The highest BCUT2D eigenvalue weighted by Crippen LogP contribution is 2.31. The molecule has 1 aromatic rings. The van der Waals surface area contributed by atoms with E-state index in [1.807, 2.05) is 24.3 Å². The zero-order valence-electron chi connectivity index (χ0n) is 10.6. The Hall–Kier alpha value is -2.04. The minimum atomic E-state index is -0.871. The van der Waals surface area contributed by atoms with E-state index in [-0.39, 0.29) is 24.8 Å². The maximum absolute atomic E-state index is 11.8. The molecule has 2 N–H and O–H groups in total. The monoisotopic (exact) mass is 263 g/mol. The Morgan fingerprint density at radius 2 is 2.11 bits per heavy atom. The van der Waals surface area contributed by atoms with E-state index in [4.69, 9.17) is 9.84 Å². The van der Waals surface area contributed by atoms with Gasteiger partial charge in [0.1, 0.15) is 5.75 Å². The highest BCUT2D eigenvalue weighted by molar-refractivity contribution is 5.77. The van der Waals surface area contributed by atoms with Crippen LogP contribution in [0.5, 0.6) is 5.75 Å². The number of carbonyl (C=O) groups excluding carboxylic acids is 1. The Labute approximate surface area is 111 Å². The van der Waals surface area contributed by atoms with Gasteiger partial charge in [0.15, 0.2) is 0 Å². The molecule has 0 radical (unpaired) electrons. The van der Waals surface area contributed by atoms with Crippen molar-refractivity contribution in [1.29, 1.82) is 0 Å². The highest BCUT2D eigenvalue weighted by atomic mass is 16.5. The van der Waals surface area contributed by atoms with Crippen LogP contribution in [-0.4, -0.2) is 23.6 Å². The summed E-state index contributed by atoms with van der Waals surface area (Å²) in [6, 6.07) is 7.60. The van der Waals surface area contributed by atoms with Gasteiger partial charge in [0.25, 0.3) is 0 Å². The minimum absolute atomic E-state index is 0.0256. The molecule has 5 nitrogen and oxygen atoms in total. The molecule has 0 spiro atoms. The Balaban J connectivity index is 1.90. The molecule has 1 unspecified atom stereocenters. The first-order chi connectivity index (χ1) is 9.16. The number of hydrogen-bond donors (Lipinski definition) is 2. The second-order valence-corrected chi connectivity index (χ2v) is 4.54. The molecule has 1 aliphatic heterocycles. The number of ether oxygens (including phenoxy) is 1. The number of fused-ring (bicyclic) bond motifs is 1. The third-order valence-corrected chi connectivity index (χ3v) is 3.09. The lowest BCUT2D eigenvalue weighted by atomic mass is 10.0. The van der Waals surface area contributed by atoms with Gasteiger partial charge in [-0.25, -0.2) is 0 Å². The number of hydrogen-bond acceptors (Lipinski definition) is 3. The van der Waals surface area contributed by atoms with Crippen molar-refractivity contribution in [3.05, 3.63) is 29.8 Å². The first-order valence-electron chi connectivity index (χ1n) is 6.39. The average Bonchev–Trinajstić information content (AvgIpc) is 2.39. The number of aliphatic carboxylic acids is 1. The topological polar surface area (TPSA) is 75.6 Å². The molecule has 102 valence electrons. The molecule has 0 saturated carbocycles. The van der Waals surface area contributed by atoms with Gasteiger partial charge in [-0.05, 0) is 12.5 Å². The Kier molecular flexibility index (Phi) is 4.39. The maximum atomic E-state index is 11.8. The molecule has 1 aromatic carbocycles. The van der Waals surface area contributed by atoms with Crippen LogP contribution < -0.4 is 10.1 Å². The van der Waals surface area contributed by atoms with Crippen LogP contribution in [0.25, 0.3) is 0 Å². The zero-order chi connectivity index (χ0) is 13.7. The Bertz CT molecular complexity index is 472. The third kappa shape index (κ3) is 3.71. The zero-order valence-corrected chi connectivity index (χ0v) is 10.6. The highest BCUT2D eigenvalue weighted by Gasteiger charge is 2.22. The van der Waals surface area contributed by atoms with Gasteiger partial charge in [0, 0.05) is 24.8 Å². The van der Waals surface area contributed by atoms with Crippen LogP contribution in [0.1, 0.15) is 37.3 Å². The molecule has 0 bridgehead atoms. The summed E-state index contributed by atoms with van der Waals surface area (Å²) in [6.07, 6.45) is 1.37. The summed E-state index contributed by atoms with van der Waals surface area (Å²) in [5.41, 5.74) is 0.986. The van der Waals surface area contributed by atoms with E-state index in [0.29, 0.717) is 13.0 Å². The fraction of sp³-hybridized carbons (Fsp3) is 0.429. The number of rotatable bonds is 5. The number of para-hydroxylation sites is 1. The molecule has 0 aromatic heterocycles. The van der Waals surface area contributed by atoms with Crippen LogP contribution in [0.15, 0.2) is 24.3 Å². The van der Waals surface area contributed by atoms with E-state index >= 15 is 0 Å². The van der Waals surface area contributed by atoms with Crippen LogP contribution in [0.3, 0.4) is 0 Å². The lowest BCUT2D eigenvalue weighted by Gasteiger charge is -2.26. The summed E-state index contributed by atoms with van der Waals surface area (Å²) in [4.78, 5) is 22.1. The van der Waals surface area contributed by atoms with E-state index in [1.54, 1.807) is 0 Å². The van der Waals surface area contributed by atoms with Crippen molar-refractivity contribution in [3.63, 3.8) is 0 Å². The molecule has 1 amide bonds. The normalized spacial score (nSPS) is 17.2. The first-order valence-corrected chi connectivity index (χ1v) is 6.39. The van der Waals surface area contributed by atoms with Crippen LogP contribution in [0.4, 0.5) is 0 Å². The van der Waals surface area contributed by atoms with Crippen molar-refractivity contribution >= 4 is 11.9 Å². The van der Waals surface area contributed by atoms with Gasteiger partial charge in [0.05, 0.1) is 12.6 Å². The van der Waals surface area contributed by atoms with E-state index < -0.39 is 5.97 Å². The van der Waals surface area contributed by atoms with Crippen molar-refractivity contribution in [2.45, 2.75) is 31.7 Å². The van der Waals surface area contributed by atoms with Gasteiger partial charge in [-0.15, -0.1) is 0 Å². The molecular weight excluding hydrogens is 246 g/mol. The molecule has 1 heterocycles. The lowest BCUT2D eigenvalue weighted by Crippen LogP contribution is -2.32. The van der Waals surface area contributed by atoms with Crippen molar-refractivity contribution in [3.8, 4) is 5.75 Å². The summed E-state index contributed by atoms with van der Waals surface area (Å²) >= 11 is 0. The maximum Gasteiger partial charge on any atom is 0.303 e. The third-order valence-electron chi connectivity index (χ3n) is 3.09. The van der Waals surface area contributed by atoms with Gasteiger partial charge in [0.2, 0.25) is 5.91 Å². The fourth-order valence-electron chi connectivity index (χ4n) is 2.16. The van der Waals surface area contributed by atoms with E-state index in [0.717, 1.165) is 17.7 Å². The summed E-state index contributed by atoms with van der Waals surface area (Å²) in [5.74, 6) is -0.170. The van der Waals surface area contributed by atoms with Gasteiger partial charge < -0.3 is 15.2 Å². The van der Waals surface area contributed by atoms with Crippen LogP contribution in [0, 0.1) is 0 Å². The first kappa shape index (κ1) is 13.4. The summed E-state index contributed by atoms with van der Waals surface area (Å²) in [7, 11) is 0. The number of carboxylic acid groups (broad SMARTS) is 1. The van der Waals surface area contributed by atoms with E-state index in [2.05, 4.69) is 5.32 Å². The second kappa shape index (κ2) is 6.22. The van der Waals surface area contributed by atoms with Gasteiger partial charge in [-0.1, -0.05) is 18.2 Å². The lowest BCUT2D eigenvalue weighted by molar-refractivity contribution is -0.137. The molecule has 2 rings (SSSR count). The summed E-state index contributed by atoms with van der Waals surface area (Å²) in [5, 5.41) is 11.5. The standard InChI is InChI=1S/C14H17NO4/c16-13(6-3-7-14(17)18)15-11-8-9-19-12-5-2-1-4-10(11)12/h1-2,4-5,11H,3,6-9H2,(H,15,16)(H,17,18). The molecule has 0 fully saturated rings. The quantitative estimate of drug-likeness (QED) is 0.850. The van der Waals surface area contributed by atoms with Crippen LogP contribution in [-0.2, 0) is 9.59 Å².